The van der Waals surface area contributed by atoms with Gasteiger partial charge in [-0.3, -0.25) is 14.2 Å². The molecule has 0 unspecified atom stereocenters. The van der Waals surface area contributed by atoms with Crippen LogP contribution >= 0.6 is 27.3 Å². The van der Waals surface area contributed by atoms with E-state index < -0.39 is 6.04 Å². The maximum Gasteiger partial charge on any atom is 0.263 e. The van der Waals surface area contributed by atoms with Crippen molar-refractivity contribution in [2.24, 2.45) is 0 Å². The van der Waals surface area contributed by atoms with Crippen LogP contribution in [0.1, 0.15) is 19.9 Å². The van der Waals surface area contributed by atoms with Gasteiger partial charge in [-0.25, -0.2) is 4.98 Å². The summed E-state index contributed by atoms with van der Waals surface area (Å²) in [5, 5.41) is 5.31. The van der Waals surface area contributed by atoms with Gasteiger partial charge in [-0.2, -0.15) is 0 Å². The van der Waals surface area contributed by atoms with Crippen LogP contribution in [-0.2, 0) is 4.79 Å². The quantitative estimate of drug-likeness (QED) is 0.382. The summed E-state index contributed by atoms with van der Waals surface area (Å²) in [5.74, 6) is 0.262. The number of hydrogen-bond acceptors (Lipinski definition) is 5. The molecule has 4 rings (SSSR count). The first kappa shape index (κ1) is 21.3. The predicted molar refractivity (Wildman–Crippen MR) is 128 cm³/mol. The summed E-state index contributed by atoms with van der Waals surface area (Å²) in [6.07, 6.45) is 1.44. The first-order chi connectivity index (χ1) is 15.0. The molecule has 0 spiro atoms. The number of anilines is 1. The largest absolute Gasteiger partial charge is 0.492 e. The second-order valence-electron chi connectivity index (χ2n) is 6.89. The van der Waals surface area contributed by atoms with Crippen LogP contribution in [0.25, 0.3) is 21.3 Å². The van der Waals surface area contributed by atoms with Crippen molar-refractivity contribution in [3.63, 3.8) is 0 Å². The van der Waals surface area contributed by atoms with E-state index in [9.17, 15) is 9.59 Å². The van der Waals surface area contributed by atoms with Gasteiger partial charge in [0.05, 0.1) is 24.0 Å². The molecule has 8 heteroatoms. The average molecular weight is 498 g/mol. The van der Waals surface area contributed by atoms with Crippen molar-refractivity contribution >= 4 is 49.1 Å². The Kier molecular flexibility index (Phi) is 6.20. The summed E-state index contributed by atoms with van der Waals surface area (Å²) in [4.78, 5) is 31.3. The second-order valence-corrected chi connectivity index (χ2v) is 8.66. The zero-order valence-electron chi connectivity index (χ0n) is 17.0. The highest BCUT2D eigenvalue weighted by atomic mass is 79.9. The van der Waals surface area contributed by atoms with Gasteiger partial charge in [0.25, 0.3) is 5.56 Å². The van der Waals surface area contributed by atoms with Crippen LogP contribution in [0, 0.1) is 0 Å². The van der Waals surface area contributed by atoms with Crippen LogP contribution < -0.4 is 15.6 Å². The van der Waals surface area contributed by atoms with Gasteiger partial charge in [0.1, 0.15) is 16.6 Å². The third-order valence-electron chi connectivity index (χ3n) is 4.92. The lowest BCUT2D eigenvalue weighted by atomic mass is 10.1. The predicted octanol–water partition coefficient (Wildman–Crippen LogP) is 5.49. The van der Waals surface area contributed by atoms with Gasteiger partial charge in [0.2, 0.25) is 5.91 Å². The molecule has 0 aliphatic rings. The van der Waals surface area contributed by atoms with E-state index in [0.717, 1.165) is 15.6 Å². The number of halogens is 1. The molecule has 1 atom stereocenters. The molecular formula is C23H20BrN3O3S. The summed E-state index contributed by atoms with van der Waals surface area (Å²) in [6.45, 7) is 4.05. The third-order valence-corrected chi connectivity index (χ3v) is 6.33. The number of aromatic nitrogens is 2. The molecule has 0 bridgehead atoms. The van der Waals surface area contributed by atoms with Crippen molar-refractivity contribution in [3.8, 4) is 16.9 Å². The normalized spacial score (nSPS) is 12.0. The van der Waals surface area contributed by atoms with Crippen molar-refractivity contribution in [3.05, 3.63) is 75.1 Å². The summed E-state index contributed by atoms with van der Waals surface area (Å²) in [7, 11) is 0. The number of benzene rings is 2. The third kappa shape index (κ3) is 4.26. The molecule has 2 heterocycles. The van der Waals surface area contributed by atoms with Gasteiger partial charge >= 0.3 is 0 Å². The van der Waals surface area contributed by atoms with Crippen LogP contribution in [0.2, 0.25) is 0 Å². The molecule has 0 radical (unpaired) electrons. The number of carbonyl (C=O) groups excluding carboxylic acids is 1. The molecule has 0 aliphatic heterocycles. The highest BCUT2D eigenvalue weighted by Crippen LogP contribution is 2.31. The monoisotopic (exact) mass is 497 g/mol. The van der Waals surface area contributed by atoms with Crippen molar-refractivity contribution < 1.29 is 9.53 Å². The number of para-hydroxylation sites is 2. The molecule has 6 nitrogen and oxygen atoms in total. The SMILES string of the molecule is CCOc1ccccc1NC(=O)[C@H](C)n1cnc2scc(-c3ccc(Br)cc3)c2c1=O. The van der Waals surface area contributed by atoms with E-state index in [4.69, 9.17) is 4.74 Å². The van der Waals surface area contributed by atoms with Gasteiger partial charge in [0, 0.05) is 15.4 Å². The fourth-order valence-corrected chi connectivity index (χ4v) is 4.45. The van der Waals surface area contributed by atoms with Crippen LogP contribution in [0.5, 0.6) is 5.75 Å². The molecule has 4 aromatic rings. The standard InChI is InChI=1S/C23H20BrN3O3S/c1-3-30-19-7-5-4-6-18(19)26-21(28)14(2)27-13-25-22-20(23(27)29)17(12-31-22)15-8-10-16(24)11-9-15/h4-14H,3H2,1-2H3,(H,26,28)/t14-/m0/s1. The minimum Gasteiger partial charge on any atom is -0.492 e. The number of nitrogens with one attached hydrogen (secondary N) is 1. The number of amides is 1. The van der Waals surface area contributed by atoms with E-state index in [0.29, 0.717) is 28.3 Å². The molecule has 31 heavy (non-hydrogen) atoms. The van der Waals surface area contributed by atoms with Crippen LogP contribution in [-0.4, -0.2) is 22.1 Å². The zero-order valence-corrected chi connectivity index (χ0v) is 19.4. The van der Waals surface area contributed by atoms with Crippen LogP contribution in [0.4, 0.5) is 5.69 Å². The van der Waals surface area contributed by atoms with E-state index in [1.54, 1.807) is 19.1 Å². The lowest BCUT2D eigenvalue weighted by Crippen LogP contribution is -2.31. The summed E-state index contributed by atoms with van der Waals surface area (Å²) >= 11 is 4.85. The molecule has 0 aliphatic carbocycles. The molecule has 2 aromatic carbocycles. The molecule has 1 amide bonds. The Morgan fingerprint density at radius 1 is 1.23 bits per heavy atom. The smallest absolute Gasteiger partial charge is 0.263 e. The maximum absolute atomic E-state index is 13.3. The topological polar surface area (TPSA) is 73.2 Å². The van der Waals surface area contributed by atoms with E-state index >= 15 is 0 Å². The molecule has 2 aromatic heterocycles. The zero-order chi connectivity index (χ0) is 22.0. The van der Waals surface area contributed by atoms with Crippen molar-refractivity contribution in [2.45, 2.75) is 19.9 Å². The van der Waals surface area contributed by atoms with E-state index in [2.05, 4.69) is 26.2 Å². The molecular weight excluding hydrogens is 478 g/mol. The second kappa shape index (κ2) is 9.03. The Labute approximate surface area is 191 Å². The highest BCUT2D eigenvalue weighted by Gasteiger charge is 2.21. The van der Waals surface area contributed by atoms with Crippen molar-refractivity contribution in [2.75, 3.05) is 11.9 Å². The summed E-state index contributed by atoms with van der Waals surface area (Å²) < 4.78 is 7.90. The van der Waals surface area contributed by atoms with Crippen molar-refractivity contribution in [1.29, 1.82) is 0 Å². The number of thiophene rings is 1. The van der Waals surface area contributed by atoms with Gasteiger partial charge in [-0.15, -0.1) is 11.3 Å². The molecule has 0 fully saturated rings. The Hall–Kier alpha value is -2.97. The van der Waals surface area contributed by atoms with E-state index in [-0.39, 0.29) is 11.5 Å². The minimum atomic E-state index is -0.753. The van der Waals surface area contributed by atoms with Crippen LogP contribution in [0.15, 0.2) is 69.5 Å². The fraction of sp³-hybridized carbons (Fsp3) is 0.174. The van der Waals surface area contributed by atoms with Gasteiger partial charge in [0.15, 0.2) is 0 Å². The number of ether oxygens (including phenoxy) is 1. The molecule has 0 saturated carbocycles. The summed E-state index contributed by atoms with van der Waals surface area (Å²) in [6, 6.07) is 14.2. The summed E-state index contributed by atoms with van der Waals surface area (Å²) in [5.41, 5.74) is 2.06. The fourth-order valence-electron chi connectivity index (χ4n) is 3.28. The van der Waals surface area contributed by atoms with E-state index in [1.807, 2.05) is 48.7 Å². The Morgan fingerprint density at radius 2 is 1.97 bits per heavy atom. The Morgan fingerprint density at radius 3 is 2.71 bits per heavy atom. The molecule has 0 saturated heterocycles. The first-order valence-corrected chi connectivity index (χ1v) is 11.4. The Balaban J connectivity index is 1.69. The number of rotatable bonds is 6. The maximum atomic E-state index is 13.3. The number of hydrogen-bond donors (Lipinski definition) is 1. The molecule has 158 valence electrons. The number of nitrogens with zero attached hydrogens (tertiary/aromatic N) is 2. The number of carbonyl (C=O) groups is 1. The molecule has 1 N–H and O–H groups in total. The lowest BCUT2D eigenvalue weighted by molar-refractivity contribution is -0.118. The van der Waals surface area contributed by atoms with Gasteiger partial charge in [-0.05, 0) is 43.7 Å². The van der Waals surface area contributed by atoms with E-state index in [1.165, 1.54) is 22.2 Å². The van der Waals surface area contributed by atoms with Crippen molar-refractivity contribution in [1.82, 2.24) is 9.55 Å². The first-order valence-electron chi connectivity index (χ1n) is 9.76. The average Bonchev–Trinajstić information content (AvgIpc) is 3.21. The Bertz CT molecular complexity index is 1300. The highest BCUT2D eigenvalue weighted by molar-refractivity contribution is 9.10. The number of fused-ring (bicyclic) bond motifs is 1. The van der Waals surface area contributed by atoms with Crippen LogP contribution in [0.3, 0.4) is 0 Å². The van der Waals surface area contributed by atoms with Gasteiger partial charge < -0.3 is 10.1 Å². The lowest BCUT2D eigenvalue weighted by Gasteiger charge is -2.17. The van der Waals surface area contributed by atoms with Gasteiger partial charge in [-0.1, -0.05) is 40.2 Å². The minimum absolute atomic E-state index is 0.245.